The summed E-state index contributed by atoms with van der Waals surface area (Å²) in [4.78, 5) is 16.7. The fraction of sp³-hybridized carbons (Fsp3) is 0.467. The van der Waals surface area contributed by atoms with Crippen LogP contribution < -0.4 is 0 Å². The third-order valence-corrected chi connectivity index (χ3v) is 3.49. The number of carbonyl (C=O) groups excluding carboxylic acids is 1. The zero-order chi connectivity index (χ0) is 12.3. The van der Waals surface area contributed by atoms with Gasteiger partial charge in [0.1, 0.15) is 5.78 Å². The van der Waals surface area contributed by atoms with Crippen LogP contribution in [0.4, 0.5) is 0 Å². The molecule has 0 spiro atoms. The van der Waals surface area contributed by atoms with E-state index in [1.54, 1.807) is 0 Å². The van der Waals surface area contributed by atoms with Crippen LogP contribution in [-0.2, 0) is 11.2 Å². The molecule has 2 heteroatoms. The van der Waals surface area contributed by atoms with Crippen LogP contribution in [0.5, 0.6) is 0 Å². The summed E-state index contributed by atoms with van der Waals surface area (Å²) in [5.74, 6) is 0.354. The van der Waals surface area contributed by atoms with Gasteiger partial charge in [-0.2, -0.15) is 0 Å². The van der Waals surface area contributed by atoms with E-state index in [1.807, 2.05) is 44.2 Å². The summed E-state index contributed by atoms with van der Waals surface area (Å²) in [6.45, 7) is 4.06. The molecule has 0 bridgehead atoms. The van der Waals surface area contributed by atoms with Crippen LogP contribution in [-0.4, -0.2) is 17.5 Å². The minimum absolute atomic E-state index is 0.0488. The molecule has 0 aromatic heterocycles. The molecule has 1 aromatic carbocycles. The van der Waals surface area contributed by atoms with Gasteiger partial charge in [-0.25, -0.2) is 0 Å². The normalized spacial score (nSPS) is 21.1. The Balaban J connectivity index is 1.96. The van der Waals surface area contributed by atoms with Crippen LogP contribution in [0, 0.1) is 5.92 Å². The number of nitrogens with zero attached hydrogens (tertiary/aromatic N) is 1. The summed E-state index contributed by atoms with van der Waals surface area (Å²) >= 11 is 0. The summed E-state index contributed by atoms with van der Waals surface area (Å²) in [6.07, 6.45) is 2.62. The van der Waals surface area contributed by atoms with Gasteiger partial charge in [0.15, 0.2) is 0 Å². The average molecular weight is 229 g/mol. The minimum atomic E-state index is 0.0488. The number of Topliss-reactive ketones (excluding diaryl/α,β-unsaturated/α-hetero) is 1. The lowest BCUT2D eigenvalue weighted by Gasteiger charge is -2.15. The molecule has 17 heavy (non-hydrogen) atoms. The molecule has 90 valence electrons. The van der Waals surface area contributed by atoms with E-state index < -0.39 is 0 Å². The first-order valence-electron chi connectivity index (χ1n) is 6.26. The van der Waals surface area contributed by atoms with E-state index in [0.717, 1.165) is 18.4 Å². The van der Waals surface area contributed by atoms with Crippen molar-refractivity contribution in [1.29, 1.82) is 0 Å². The molecule has 2 nitrogen and oxygen atoms in total. The zero-order valence-corrected chi connectivity index (χ0v) is 10.5. The smallest absolute Gasteiger partial charge is 0.142 e. The Labute approximate surface area is 103 Å². The number of hydrogen-bond acceptors (Lipinski definition) is 2. The van der Waals surface area contributed by atoms with Crippen LogP contribution in [0.25, 0.3) is 0 Å². The summed E-state index contributed by atoms with van der Waals surface area (Å²) in [7, 11) is 0. The molecule has 0 radical (unpaired) electrons. The van der Waals surface area contributed by atoms with Crippen LogP contribution in [0.15, 0.2) is 35.3 Å². The predicted molar refractivity (Wildman–Crippen MR) is 70.4 cm³/mol. The third-order valence-electron chi connectivity index (χ3n) is 3.49. The molecule has 0 saturated carbocycles. The number of rotatable bonds is 4. The van der Waals surface area contributed by atoms with Gasteiger partial charge in [-0.05, 0) is 25.3 Å². The average Bonchev–Trinajstić information content (AvgIpc) is 2.76. The van der Waals surface area contributed by atoms with Gasteiger partial charge >= 0.3 is 0 Å². The number of aliphatic imine (C=N–C) groups is 1. The number of carbonyl (C=O) groups is 1. The molecule has 0 fully saturated rings. The van der Waals surface area contributed by atoms with Crippen LogP contribution in [0.1, 0.15) is 32.3 Å². The predicted octanol–water partition coefficient (Wildman–Crippen LogP) is 3.06. The van der Waals surface area contributed by atoms with E-state index in [4.69, 9.17) is 0 Å². The second kappa shape index (κ2) is 5.26. The molecule has 0 unspecified atom stereocenters. The van der Waals surface area contributed by atoms with Crippen LogP contribution in [0.3, 0.4) is 0 Å². The van der Waals surface area contributed by atoms with Gasteiger partial charge in [0, 0.05) is 18.1 Å². The fourth-order valence-electron chi connectivity index (χ4n) is 2.30. The fourth-order valence-corrected chi connectivity index (χ4v) is 2.30. The van der Waals surface area contributed by atoms with Crippen molar-refractivity contribution in [3.05, 3.63) is 35.9 Å². The Kier molecular flexibility index (Phi) is 3.72. The van der Waals surface area contributed by atoms with Gasteiger partial charge in [-0.3, -0.25) is 9.79 Å². The van der Waals surface area contributed by atoms with E-state index in [9.17, 15) is 4.79 Å². The Morgan fingerprint density at radius 3 is 2.71 bits per heavy atom. The Morgan fingerprint density at radius 2 is 2.12 bits per heavy atom. The Morgan fingerprint density at radius 1 is 1.41 bits per heavy atom. The maximum Gasteiger partial charge on any atom is 0.142 e. The molecule has 1 aliphatic heterocycles. The largest absolute Gasteiger partial charge is 0.299 e. The van der Waals surface area contributed by atoms with Gasteiger partial charge in [0.2, 0.25) is 0 Å². The summed E-state index contributed by atoms with van der Waals surface area (Å²) < 4.78 is 0. The van der Waals surface area contributed by atoms with Gasteiger partial charge in [-0.15, -0.1) is 0 Å². The third kappa shape index (κ3) is 3.02. The summed E-state index contributed by atoms with van der Waals surface area (Å²) in [5.41, 5.74) is 2.29. The quantitative estimate of drug-likeness (QED) is 0.780. The van der Waals surface area contributed by atoms with Crippen molar-refractivity contribution in [1.82, 2.24) is 0 Å². The maximum absolute atomic E-state index is 12.1. The lowest BCUT2D eigenvalue weighted by Crippen LogP contribution is -2.24. The highest BCUT2D eigenvalue weighted by molar-refractivity contribution is 5.87. The summed E-state index contributed by atoms with van der Waals surface area (Å²) in [5, 5.41) is 0. The highest BCUT2D eigenvalue weighted by Crippen LogP contribution is 2.22. The topological polar surface area (TPSA) is 29.4 Å². The molecular formula is C15H19NO. The van der Waals surface area contributed by atoms with E-state index in [1.165, 1.54) is 5.71 Å². The highest BCUT2D eigenvalue weighted by atomic mass is 16.1. The lowest BCUT2D eigenvalue weighted by molar-refractivity contribution is -0.122. The molecule has 2 rings (SSSR count). The second-order valence-electron chi connectivity index (χ2n) is 4.89. The standard InChI is InChI=1S/C15H19NO/c1-11-8-9-14(16-11)12(2)15(17)10-13-6-4-3-5-7-13/h3-7,12,14H,8-10H2,1-2H3/t12-,14+/m1/s1. The van der Waals surface area contributed by atoms with Crippen molar-refractivity contribution in [2.45, 2.75) is 39.2 Å². The molecule has 1 aliphatic rings. The minimum Gasteiger partial charge on any atom is -0.299 e. The Bertz CT molecular complexity index is 422. The SMILES string of the molecule is CC1=N[C@H]([C@@H](C)C(=O)Cc2ccccc2)CC1. The van der Waals surface area contributed by atoms with Crippen molar-refractivity contribution < 1.29 is 4.79 Å². The van der Waals surface area contributed by atoms with E-state index >= 15 is 0 Å². The van der Waals surface area contributed by atoms with Crippen molar-refractivity contribution in [2.75, 3.05) is 0 Å². The zero-order valence-electron chi connectivity index (χ0n) is 10.5. The molecular weight excluding hydrogens is 210 g/mol. The molecule has 1 heterocycles. The van der Waals surface area contributed by atoms with Crippen molar-refractivity contribution >= 4 is 11.5 Å². The van der Waals surface area contributed by atoms with E-state index in [-0.39, 0.29) is 12.0 Å². The monoisotopic (exact) mass is 229 g/mol. The molecule has 1 aromatic rings. The van der Waals surface area contributed by atoms with Crippen LogP contribution >= 0.6 is 0 Å². The van der Waals surface area contributed by atoms with Crippen molar-refractivity contribution in [3.8, 4) is 0 Å². The van der Waals surface area contributed by atoms with Gasteiger partial charge < -0.3 is 0 Å². The van der Waals surface area contributed by atoms with Gasteiger partial charge in [0.25, 0.3) is 0 Å². The maximum atomic E-state index is 12.1. The van der Waals surface area contributed by atoms with Gasteiger partial charge in [0.05, 0.1) is 6.04 Å². The lowest BCUT2D eigenvalue weighted by atomic mass is 9.92. The molecule has 0 aliphatic carbocycles. The van der Waals surface area contributed by atoms with E-state index in [0.29, 0.717) is 12.2 Å². The number of benzene rings is 1. The van der Waals surface area contributed by atoms with Gasteiger partial charge in [-0.1, -0.05) is 37.3 Å². The Hall–Kier alpha value is -1.44. The number of ketones is 1. The molecule has 0 saturated heterocycles. The molecule has 0 N–H and O–H groups in total. The molecule has 2 atom stereocenters. The van der Waals surface area contributed by atoms with Crippen molar-refractivity contribution in [3.63, 3.8) is 0 Å². The van der Waals surface area contributed by atoms with Crippen LogP contribution in [0.2, 0.25) is 0 Å². The van der Waals surface area contributed by atoms with E-state index in [2.05, 4.69) is 4.99 Å². The number of hydrogen-bond donors (Lipinski definition) is 0. The first-order chi connectivity index (χ1) is 8.16. The molecule has 0 amide bonds. The summed E-state index contributed by atoms with van der Waals surface area (Å²) in [6, 6.07) is 10.2. The second-order valence-corrected chi connectivity index (χ2v) is 4.89. The highest BCUT2D eigenvalue weighted by Gasteiger charge is 2.26. The first kappa shape index (κ1) is 12.0. The first-order valence-corrected chi connectivity index (χ1v) is 6.26. The van der Waals surface area contributed by atoms with Crippen molar-refractivity contribution in [2.24, 2.45) is 10.9 Å².